The first kappa shape index (κ1) is 16.3. The minimum absolute atomic E-state index is 0.305. The van der Waals surface area contributed by atoms with Gasteiger partial charge in [0.2, 0.25) is 5.89 Å². The van der Waals surface area contributed by atoms with Gasteiger partial charge in [0.05, 0.1) is 5.69 Å². The van der Waals surface area contributed by atoms with Gasteiger partial charge in [-0.05, 0) is 49.4 Å². The Morgan fingerprint density at radius 2 is 2.04 bits per heavy atom. The number of oxazole rings is 1. The quantitative estimate of drug-likeness (QED) is 0.916. The molecule has 1 saturated heterocycles. The van der Waals surface area contributed by atoms with Crippen LogP contribution in [0.25, 0.3) is 11.5 Å². The highest BCUT2D eigenvalue weighted by Crippen LogP contribution is 2.40. The SMILES string of the molecule is O=C(O)C1CC2CCCCC2N1Cc1coc(-c2ccc(F)cc2)n1. The molecule has 1 aromatic carbocycles. The number of carbonyl (C=O) groups is 1. The first-order valence-electron chi connectivity index (χ1n) is 8.80. The van der Waals surface area contributed by atoms with Crippen LogP contribution in [0.3, 0.4) is 0 Å². The second-order valence-corrected chi connectivity index (χ2v) is 7.02. The number of aliphatic carboxylic acids is 1. The molecule has 3 atom stereocenters. The standard InChI is InChI=1S/C19H21FN2O3/c20-14-7-5-12(6-8-14)18-21-15(11-25-18)10-22-16-4-2-1-3-13(16)9-17(22)19(23)24/h5-8,11,13,16-17H,1-4,9-10H2,(H,23,24). The van der Waals surface area contributed by atoms with Crippen LogP contribution in [0.4, 0.5) is 4.39 Å². The molecule has 4 rings (SSSR count). The fourth-order valence-corrected chi connectivity index (χ4v) is 4.31. The van der Waals surface area contributed by atoms with Crippen molar-refractivity contribution in [3.05, 3.63) is 42.0 Å². The molecule has 1 aromatic heterocycles. The number of likely N-dealkylation sites (tertiary alicyclic amines) is 1. The van der Waals surface area contributed by atoms with Gasteiger partial charge >= 0.3 is 5.97 Å². The van der Waals surface area contributed by atoms with Crippen molar-refractivity contribution in [3.63, 3.8) is 0 Å². The second kappa shape index (κ2) is 6.59. The summed E-state index contributed by atoms with van der Waals surface area (Å²) in [6.45, 7) is 0.475. The molecule has 1 saturated carbocycles. The topological polar surface area (TPSA) is 66.6 Å². The van der Waals surface area contributed by atoms with E-state index in [0.717, 1.165) is 31.4 Å². The number of carboxylic acids is 1. The van der Waals surface area contributed by atoms with Gasteiger partial charge in [-0.3, -0.25) is 9.69 Å². The van der Waals surface area contributed by atoms with Crippen molar-refractivity contribution in [2.75, 3.05) is 0 Å². The van der Waals surface area contributed by atoms with E-state index in [1.165, 1.54) is 18.6 Å². The average molecular weight is 344 g/mol. The lowest BCUT2D eigenvalue weighted by molar-refractivity contribution is -0.142. The molecule has 0 spiro atoms. The summed E-state index contributed by atoms with van der Waals surface area (Å²) in [5, 5.41) is 9.60. The van der Waals surface area contributed by atoms with E-state index in [0.29, 0.717) is 30.0 Å². The third-order valence-electron chi connectivity index (χ3n) is 5.49. The van der Waals surface area contributed by atoms with Crippen molar-refractivity contribution in [2.24, 2.45) is 5.92 Å². The van der Waals surface area contributed by atoms with Gasteiger partial charge in [0, 0.05) is 18.2 Å². The Balaban J connectivity index is 1.54. The molecular formula is C19H21FN2O3. The van der Waals surface area contributed by atoms with Crippen molar-refractivity contribution in [2.45, 2.75) is 50.7 Å². The zero-order valence-electron chi connectivity index (χ0n) is 13.9. The maximum Gasteiger partial charge on any atom is 0.320 e. The van der Waals surface area contributed by atoms with Gasteiger partial charge in [0.15, 0.2) is 0 Å². The van der Waals surface area contributed by atoms with Gasteiger partial charge < -0.3 is 9.52 Å². The molecule has 0 amide bonds. The molecule has 5 nitrogen and oxygen atoms in total. The fraction of sp³-hybridized carbons (Fsp3) is 0.474. The van der Waals surface area contributed by atoms with Crippen molar-refractivity contribution in [3.8, 4) is 11.5 Å². The molecule has 1 aliphatic carbocycles. The monoisotopic (exact) mass is 344 g/mol. The number of fused-ring (bicyclic) bond motifs is 1. The highest BCUT2D eigenvalue weighted by Gasteiger charge is 2.45. The van der Waals surface area contributed by atoms with E-state index in [-0.39, 0.29) is 5.82 Å². The Hall–Kier alpha value is -2.21. The van der Waals surface area contributed by atoms with E-state index in [9.17, 15) is 14.3 Å². The predicted molar refractivity (Wildman–Crippen MR) is 89.2 cm³/mol. The Labute approximate surface area is 145 Å². The van der Waals surface area contributed by atoms with Crippen LogP contribution < -0.4 is 0 Å². The van der Waals surface area contributed by atoms with Crippen molar-refractivity contribution in [1.82, 2.24) is 9.88 Å². The number of hydrogen-bond acceptors (Lipinski definition) is 4. The Bertz CT molecular complexity index is 758. The number of hydrogen-bond donors (Lipinski definition) is 1. The average Bonchev–Trinajstić information content (AvgIpc) is 3.21. The van der Waals surface area contributed by atoms with Gasteiger partial charge in [0.25, 0.3) is 0 Å². The van der Waals surface area contributed by atoms with E-state index in [4.69, 9.17) is 4.42 Å². The van der Waals surface area contributed by atoms with E-state index in [1.807, 2.05) is 0 Å². The zero-order valence-corrected chi connectivity index (χ0v) is 13.9. The summed E-state index contributed by atoms with van der Waals surface area (Å²) in [6, 6.07) is 5.86. The van der Waals surface area contributed by atoms with E-state index in [2.05, 4.69) is 9.88 Å². The van der Waals surface area contributed by atoms with Crippen molar-refractivity contribution in [1.29, 1.82) is 0 Å². The summed E-state index contributed by atoms with van der Waals surface area (Å²) in [4.78, 5) is 18.2. The largest absolute Gasteiger partial charge is 0.480 e. The predicted octanol–water partition coefficient (Wildman–Crippen LogP) is 3.70. The summed E-state index contributed by atoms with van der Waals surface area (Å²) < 4.78 is 18.6. The maximum atomic E-state index is 13.0. The van der Waals surface area contributed by atoms with Crippen LogP contribution >= 0.6 is 0 Å². The molecule has 25 heavy (non-hydrogen) atoms. The zero-order chi connectivity index (χ0) is 17.4. The molecule has 0 bridgehead atoms. The van der Waals surface area contributed by atoms with Crippen molar-refractivity contribution < 1.29 is 18.7 Å². The van der Waals surface area contributed by atoms with Gasteiger partial charge in [-0.25, -0.2) is 9.37 Å². The lowest BCUT2D eigenvalue weighted by Gasteiger charge is -2.32. The van der Waals surface area contributed by atoms with Crippen LogP contribution in [-0.2, 0) is 11.3 Å². The van der Waals surface area contributed by atoms with E-state index < -0.39 is 12.0 Å². The first-order chi connectivity index (χ1) is 12.1. The van der Waals surface area contributed by atoms with Crippen LogP contribution in [0.5, 0.6) is 0 Å². The minimum Gasteiger partial charge on any atom is -0.480 e. The number of carboxylic acid groups (broad SMARTS) is 1. The molecule has 2 fully saturated rings. The number of rotatable bonds is 4. The molecule has 0 radical (unpaired) electrons. The second-order valence-electron chi connectivity index (χ2n) is 7.02. The van der Waals surface area contributed by atoms with Crippen LogP contribution in [0.15, 0.2) is 34.9 Å². The molecule has 1 N–H and O–H groups in total. The van der Waals surface area contributed by atoms with Crippen molar-refractivity contribution >= 4 is 5.97 Å². The first-order valence-corrected chi connectivity index (χ1v) is 8.80. The summed E-state index contributed by atoms with van der Waals surface area (Å²) in [7, 11) is 0. The lowest BCUT2D eigenvalue weighted by atomic mass is 9.85. The normalized spacial score (nSPS) is 26.5. The maximum absolute atomic E-state index is 13.0. The van der Waals surface area contributed by atoms with Gasteiger partial charge in [-0.1, -0.05) is 12.8 Å². The third-order valence-corrected chi connectivity index (χ3v) is 5.49. The highest BCUT2D eigenvalue weighted by atomic mass is 19.1. The van der Waals surface area contributed by atoms with Crippen LogP contribution in [0.1, 0.15) is 37.8 Å². The molecule has 1 aliphatic heterocycles. The summed E-state index contributed by atoms with van der Waals surface area (Å²) in [5.41, 5.74) is 1.43. The Morgan fingerprint density at radius 3 is 2.80 bits per heavy atom. The Kier molecular flexibility index (Phi) is 4.29. The number of nitrogens with zero attached hydrogens (tertiary/aromatic N) is 2. The minimum atomic E-state index is -0.753. The van der Waals surface area contributed by atoms with Gasteiger partial charge in [-0.2, -0.15) is 0 Å². The molecule has 3 unspecified atom stereocenters. The van der Waals surface area contributed by atoms with Crippen LogP contribution in [-0.4, -0.2) is 33.0 Å². The number of benzene rings is 1. The third kappa shape index (κ3) is 3.18. The summed E-state index contributed by atoms with van der Waals surface area (Å²) in [6.07, 6.45) is 6.82. The summed E-state index contributed by atoms with van der Waals surface area (Å²) >= 11 is 0. The smallest absolute Gasteiger partial charge is 0.320 e. The summed E-state index contributed by atoms with van der Waals surface area (Å²) in [5.74, 6) is -0.156. The fourth-order valence-electron chi connectivity index (χ4n) is 4.31. The van der Waals surface area contributed by atoms with E-state index >= 15 is 0 Å². The highest BCUT2D eigenvalue weighted by molar-refractivity contribution is 5.74. The molecule has 2 heterocycles. The molecule has 2 aliphatic rings. The molecule has 132 valence electrons. The lowest BCUT2D eigenvalue weighted by Crippen LogP contribution is -2.41. The number of aromatic nitrogens is 1. The molecule has 6 heteroatoms. The molecular weight excluding hydrogens is 323 g/mol. The Morgan fingerprint density at radius 1 is 1.28 bits per heavy atom. The van der Waals surface area contributed by atoms with E-state index in [1.54, 1.807) is 18.4 Å². The van der Waals surface area contributed by atoms with Gasteiger partial charge in [-0.15, -0.1) is 0 Å². The molecule has 2 aromatic rings. The van der Waals surface area contributed by atoms with Crippen LogP contribution in [0, 0.1) is 11.7 Å². The van der Waals surface area contributed by atoms with Crippen LogP contribution in [0.2, 0.25) is 0 Å². The number of halogens is 1. The van der Waals surface area contributed by atoms with Gasteiger partial charge in [0.1, 0.15) is 18.1 Å².